The van der Waals surface area contributed by atoms with Gasteiger partial charge in [0, 0.05) is 36.3 Å². The van der Waals surface area contributed by atoms with Gasteiger partial charge in [0.05, 0.1) is 42.3 Å². The molecule has 6 atom stereocenters. The summed E-state index contributed by atoms with van der Waals surface area (Å²) in [7, 11) is 1.58. The molecule has 0 radical (unpaired) electrons. The van der Waals surface area contributed by atoms with Crippen LogP contribution in [0.5, 0.6) is 11.5 Å². The van der Waals surface area contributed by atoms with E-state index in [1.54, 1.807) is 60.5 Å². The van der Waals surface area contributed by atoms with Crippen LogP contribution in [0.3, 0.4) is 0 Å². The molecule has 3 amide bonds. The lowest BCUT2D eigenvalue weighted by Gasteiger charge is -2.46. The molecule has 6 aromatic carbocycles. The molecule has 0 bridgehead atoms. The molecule has 6 aromatic rings. The average Bonchev–Trinajstić information content (AvgIpc) is 3.95. The number of cyclic esters (lactones) is 1. The maximum absolute atomic E-state index is 16.8. The van der Waals surface area contributed by atoms with Crippen molar-refractivity contribution in [1.29, 1.82) is 0 Å². The van der Waals surface area contributed by atoms with Gasteiger partial charge in [-0.25, -0.2) is 9.69 Å². The minimum absolute atomic E-state index is 0.0386. The van der Waals surface area contributed by atoms with Crippen molar-refractivity contribution in [3.63, 3.8) is 0 Å². The number of nitrogens with zero attached hydrogens (tertiary/aromatic N) is 4. The minimum atomic E-state index is -2.07. The van der Waals surface area contributed by atoms with Gasteiger partial charge in [0.15, 0.2) is 0 Å². The van der Waals surface area contributed by atoms with Crippen LogP contribution in [-0.4, -0.2) is 83.2 Å². The Morgan fingerprint density at radius 2 is 1.39 bits per heavy atom. The van der Waals surface area contributed by atoms with E-state index >= 15 is 19.2 Å². The van der Waals surface area contributed by atoms with E-state index in [1.165, 1.54) is 24.3 Å². The number of likely N-dealkylation sites (tertiary alicyclic amines) is 1. The summed E-state index contributed by atoms with van der Waals surface area (Å²) in [6.45, 7) is 0.0954. The predicted molar refractivity (Wildman–Crippen MR) is 273 cm³/mol. The number of non-ortho nitro benzene ring substituents is 1. The highest BCUT2D eigenvalue weighted by Crippen LogP contribution is 2.66. The van der Waals surface area contributed by atoms with Crippen molar-refractivity contribution in [1.82, 2.24) is 9.80 Å². The van der Waals surface area contributed by atoms with Crippen LogP contribution in [0.25, 0.3) is 0 Å². The summed E-state index contributed by atoms with van der Waals surface area (Å²) in [5, 5.41) is 21.4. The standard InChI is InChI=1S/C59H54N4O11/c1-71-46-29-24-39(25-30-46)20-21-40-26-31-49-48(36-40)59(57(67)61(49)58(68)73-38-41-22-27-45(28-23-41)63(69)70)50(55(65)60-32-11-3-2-4-12-33-60)52-56(66)74-53(43-16-9-6-10-17-43)51(42-14-7-5-8-15-42)62(52)54(59)44-18-13-19-47(37-44)72-35-34-64/h5-10,13-19,22-31,36-37,50-54,64H,2-4,11-12,32-35,38H2,1H3/t50-,51-,52-,53+,54+,59-/m1/s1. The number of hydrogen-bond donors (Lipinski definition) is 1. The smallest absolute Gasteiger partial charge is 0.421 e. The second-order valence-corrected chi connectivity index (χ2v) is 18.8. The van der Waals surface area contributed by atoms with Gasteiger partial charge < -0.3 is 29.0 Å². The van der Waals surface area contributed by atoms with Crippen LogP contribution >= 0.6 is 0 Å². The van der Waals surface area contributed by atoms with E-state index in [9.17, 15) is 15.2 Å². The lowest BCUT2D eigenvalue weighted by Crippen LogP contribution is -2.56. The van der Waals surface area contributed by atoms with Crippen molar-refractivity contribution in [3.05, 3.63) is 201 Å². The van der Waals surface area contributed by atoms with Crippen molar-refractivity contribution in [2.75, 3.05) is 38.3 Å². The summed E-state index contributed by atoms with van der Waals surface area (Å²) in [4.78, 5) is 79.5. The molecule has 3 saturated heterocycles. The third-order valence-electron chi connectivity index (χ3n) is 14.6. The monoisotopic (exact) mass is 994 g/mol. The van der Waals surface area contributed by atoms with Gasteiger partial charge in [0.1, 0.15) is 42.3 Å². The van der Waals surface area contributed by atoms with Crippen molar-refractivity contribution < 1.29 is 48.2 Å². The summed E-state index contributed by atoms with van der Waals surface area (Å²) in [5.74, 6) is 4.06. The minimum Gasteiger partial charge on any atom is -0.497 e. The van der Waals surface area contributed by atoms with Crippen LogP contribution in [0.2, 0.25) is 0 Å². The topological polar surface area (TPSA) is 178 Å². The molecule has 4 heterocycles. The molecule has 0 aromatic heterocycles. The number of nitro benzene ring substituents is 1. The normalized spacial score (nSPS) is 22.3. The highest BCUT2D eigenvalue weighted by Gasteiger charge is 2.76. The van der Waals surface area contributed by atoms with Crippen molar-refractivity contribution in [2.24, 2.45) is 5.92 Å². The average molecular weight is 995 g/mol. The number of carbonyl (C=O) groups is 4. The van der Waals surface area contributed by atoms with E-state index < -0.39 is 64.4 Å². The number of methoxy groups -OCH3 is 1. The van der Waals surface area contributed by atoms with Crippen LogP contribution in [0.1, 0.15) is 89.2 Å². The van der Waals surface area contributed by atoms with Crippen LogP contribution < -0.4 is 14.4 Å². The van der Waals surface area contributed by atoms with Crippen LogP contribution in [0.15, 0.2) is 152 Å². The van der Waals surface area contributed by atoms with E-state index in [1.807, 2.05) is 83.8 Å². The van der Waals surface area contributed by atoms with Gasteiger partial charge in [-0.05, 0) is 107 Å². The number of esters is 1. The third kappa shape index (κ3) is 9.23. The first-order chi connectivity index (χ1) is 36.1. The summed E-state index contributed by atoms with van der Waals surface area (Å²) in [5.41, 5.74) is 1.67. The van der Waals surface area contributed by atoms with Gasteiger partial charge in [-0.3, -0.25) is 29.4 Å². The van der Waals surface area contributed by atoms with Crippen LogP contribution in [-0.2, 0) is 35.9 Å². The first-order valence-electron chi connectivity index (χ1n) is 24.9. The Morgan fingerprint density at radius 1 is 0.743 bits per heavy atom. The fourth-order valence-corrected chi connectivity index (χ4v) is 11.3. The Kier molecular flexibility index (Phi) is 14.3. The Balaban J connectivity index is 1.24. The number of fused-ring (bicyclic) bond motifs is 3. The number of aliphatic hydroxyl groups is 1. The molecule has 3 fully saturated rings. The van der Waals surface area contributed by atoms with Gasteiger partial charge >= 0.3 is 12.1 Å². The number of benzene rings is 6. The van der Waals surface area contributed by atoms with Gasteiger partial charge in [-0.1, -0.05) is 104 Å². The molecule has 0 saturated carbocycles. The Bertz CT molecular complexity index is 3120. The molecule has 15 nitrogen and oxygen atoms in total. The second kappa shape index (κ2) is 21.4. The molecule has 15 heteroatoms. The molecular formula is C59H54N4O11. The largest absolute Gasteiger partial charge is 0.497 e. The number of imide groups is 1. The molecule has 0 aliphatic carbocycles. The Labute approximate surface area is 428 Å². The van der Waals surface area contributed by atoms with Crippen molar-refractivity contribution in [2.45, 2.75) is 68.4 Å². The number of aliphatic hydroxyl groups excluding tert-OH is 1. The van der Waals surface area contributed by atoms with Crippen molar-refractivity contribution >= 4 is 35.3 Å². The molecule has 0 unspecified atom stereocenters. The quantitative estimate of drug-likeness (QED) is 0.0564. The summed E-state index contributed by atoms with van der Waals surface area (Å²) in [6.07, 6.45) is 2.20. The molecular weight excluding hydrogens is 941 g/mol. The number of nitro groups is 1. The fraction of sp³-hybridized carbons (Fsp3) is 0.288. The van der Waals surface area contributed by atoms with E-state index in [2.05, 4.69) is 11.8 Å². The fourth-order valence-electron chi connectivity index (χ4n) is 11.3. The predicted octanol–water partition coefficient (Wildman–Crippen LogP) is 9.17. The molecule has 1 spiro atoms. The van der Waals surface area contributed by atoms with E-state index in [0.29, 0.717) is 65.2 Å². The Hall–Kier alpha value is -8.32. The maximum Gasteiger partial charge on any atom is 0.421 e. The number of rotatable bonds is 11. The van der Waals surface area contributed by atoms with E-state index in [0.717, 1.165) is 29.7 Å². The van der Waals surface area contributed by atoms with Crippen molar-refractivity contribution in [3.8, 4) is 23.3 Å². The zero-order chi connectivity index (χ0) is 51.3. The third-order valence-corrected chi connectivity index (χ3v) is 14.6. The molecule has 4 aliphatic rings. The van der Waals surface area contributed by atoms with Gasteiger partial charge in [-0.15, -0.1) is 0 Å². The number of morpholine rings is 1. The van der Waals surface area contributed by atoms with E-state index in [4.69, 9.17) is 18.9 Å². The molecule has 4 aliphatic heterocycles. The number of anilines is 1. The second-order valence-electron chi connectivity index (χ2n) is 18.8. The summed E-state index contributed by atoms with van der Waals surface area (Å²) < 4.78 is 24.1. The van der Waals surface area contributed by atoms with E-state index in [-0.39, 0.29) is 36.8 Å². The lowest BCUT2D eigenvalue weighted by molar-refractivity contribution is -0.384. The maximum atomic E-state index is 16.8. The van der Waals surface area contributed by atoms with Gasteiger partial charge in [-0.2, -0.15) is 0 Å². The summed E-state index contributed by atoms with van der Waals surface area (Å²) in [6, 6.07) is 40.4. The molecule has 376 valence electrons. The number of carbonyl (C=O) groups excluding carboxylic acids is 4. The first-order valence-corrected chi connectivity index (χ1v) is 24.9. The SMILES string of the molecule is COc1ccc(C#Cc2ccc3c(c2)[C@]2(C(=O)N3C(=O)OCc3ccc([N+](=O)[O-])cc3)[C@H](c3cccc(OCCO)c3)N3[C@H](c4ccccc4)[C@H](c4ccccc4)OC(=O)[C@H]3[C@@H]2C(=O)N2CCCCCCC2)cc1. The highest BCUT2D eigenvalue weighted by atomic mass is 16.6. The number of ether oxygens (including phenoxy) is 4. The lowest BCUT2D eigenvalue weighted by atomic mass is 9.64. The Morgan fingerprint density at radius 3 is 2.07 bits per heavy atom. The number of amides is 3. The first kappa shape index (κ1) is 49.3. The number of hydrogen-bond acceptors (Lipinski definition) is 12. The van der Waals surface area contributed by atoms with Crippen LogP contribution in [0, 0.1) is 27.9 Å². The molecule has 74 heavy (non-hydrogen) atoms. The zero-order valence-corrected chi connectivity index (χ0v) is 40.7. The zero-order valence-electron chi connectivity index (χ0n) is 40.7. The van der Waals surface area contributed by atoms with Crippen LogP contribution in [0.4, 0.5) is 16.2 Å². The molecule has 10 rings (SSSR count). The van der Waals surface area contributed by atoms with Gasteiger partial charge in [0.2, 0.25) is 11.8 Å². The summed E-state index contributed by atoms with van der Waals surface area (Å²) >= 11 is 0. The molecule has 1 N–H and O–H groups in total. The van der Waals surface area contributed by atoms with Gasteiger partial charge in [0.25, 0.3) is 5.69 Å². The highest BCUT2D eigenvalue weighted by molar-refractivity contribution is 6.23.